The van der Waals surface area contributed by atoms with Crippen LogP contribution in [0.2, 0.25) is 0 Å². The minimum absolute atomic E-state index is 0.377. The molecule has 0 aliphatic carbocycles. The Labute approximate surface area is 124 Å². The molecule has 0 bridgehead atoms. The molecule has 0 heterocycles. The number of carbonyl (C=O) groups is 2. The molecule has 0 saturated carbocycles. The molecule has 0 aliphatic heterocycles. The number of amides is 1. The standard InChI is InChI=1S/C15H23N3O3/c1-11(17)14(19)18-13(9-5-6-10-16)15(20)21-12-7-3-2-4-8-12/h2-4,7-8,11,13H,5-6,9-10,16-17H2,1H3,(H,18,19)/t11-,13-/m0/s1. The van der Waals surface area contributed by atoms with E-state index in [0.717, 1.165) is 12.8 Å². The molecule has 0 fully saturated rings. The maximum Gasteiger partial charge on any atom is 0.334 e. The van der Waals surface area contributed by atoms with E-state index in [0.29, 0.717) is 18.7 Å². The summed E-state index contributed by atoms with van der Waals surface area (Å²) in [7, 11) is 0. The van der Waals surface area contributed by atoms with E-state index in [1.165, 1.54) is 0 Å². The normalized spacial score (nSPS) is 13.3. The molecule has 21 heavy (non-hydrogen) atoms. The summed E-state index contributed by atoms with van der Waals surface area (Å²) in [5.74, 6) is -0.425. The van der Waals surface area contributed by atoms with Gasteiger partial charge in [0.15, 0.2) is 0 Å². The van der Waals surface area contributed by atoms with Gasteiger partial charge in [-0.3, -0.25) is 4.79 Å². The maximum absolute atomic E-state index is 12.2. The van der Waals surface area contributed by atoms with Gasteiger partial charge < -0.3 is 21.5 Å². The summed E-state index contributed by atoms with van der Waals surface area (Å²) in [6, 6.07) is 7.35. The lowest BCUT2D eigenvalue weighted by atomic mass is 10.1. The van der Waals surface area contributed by atoms with E-state index in [-0.39, 0.29) is 5.91 Å². The topological polar surface area (TPSA) is 107 Å². The van der Waals surface area contributed by atoms with Gasteiger partial charge in [-0.25, -0.2) is 4.79 Å². The number of benzene rings is 1. The number of ether oxygens (including phenoxy) is 1. The van der Waals surface area contributed by atoms with Crippen LogP contribution < -0.4 is 21.5 Å². The summed E-state index contributed by atoms with van der Waals surface area (Å²) in [5, 5.41) is 2.62. The van der Waals surface area contributed by atoms with Crippen LogP contribution in [0.5, 0.6) is 5.75 Å². The number of nitrogens with one attached hydrogen (secondary N) is 1. The average molecular weight is 293 g/mol. The molecule has 2 atom stereocenters. The van der Waals surface area contributed by atoms with Crippen LogP contribution in [-0.4, -0.2) is 30.5 Å². The Morgan fingerprint density at radius 2 is 1.90 bits per heavy atom. The Balaban J connectivity index is 2.65. The van der Waals surface area contributed by atoms with Crippen molar-refractivity contribution in [3.8, 4) is 5.75 Å². The third-order valence-electron chi connectivity index (χ3n) is 2.92. The van der Waals surface area contributed by atoms with Crippen molar-refractivity contribution in [3.63, 3.8) is 0 Å². The molecule has 1 aromatic carbocycles. The molecule has 1 amide bonds. The second-order valence-electron chi connectivity index (χ2n) is 4.87. The molecule has 1 rings (SSSR count). The van der Waals surface area contributed by atoms with Crippen molar-refractivity contribution >= 4 is 11.9 Å². The summed E-state index contributed by atoms with van der Waals surface area (Å²) in [6.07, 6.45) is 1.98. The highest BCUT2D eigenvalue weighted by Crippen LogP contribution is 2.11. The lowest BCUT2D eigenvalue weighted by molar-refractivity contribution is -0.139. The molecule has 0 aliphatic rings. The Hall–Kier alpha value is -1.92. The number of hydrogen-bond donors (Lipinski definition) is 3. The molecule has 0 unspecified atom stereocenters. The van der Waals surface area contributed by atoms with E-state index in [1.54, 1.807) is 31.2 Å². The van der Waals surface area contributed by atoms with Crippen molar-refractivity contribution in [1.29, 1.82) is 0 Å². The third kappa shape index (κ3) is 6.37. The summed E-state index contributed by atoms with van der Waals surface area (Å²) >= 11 is 0. The van der Waals surface area contributed by atoms with Crippen molar-refractivity contribution < 1.29 is 14.3 Å². The molecule has 116 valence electrons. The van der Waals surface area contributed by atoms with Gasteiger partial charge in [0.25, 0.3) is 0 Å². The third-order valence-corrected chi connectivity index (χ3v) is 2.92. The van der Waals surface area contributed by atoms with Crippen molar-refractivity contribution in [3.05, 3.63) is 30.3 Å². The van der Waals surface area contributed by atoms with Crippen LogP contribution in [0, 0.1) is 0 Å². The largest absolute Gasteiger partial charge is 0.425 e. The lowest BCUT2D eigenvalue weighted by Crippen LogP contribution is -2.48. The molecule has 0 spiro atoms. The molecule has 1 aromatic rings. The monoisotopic (exact) mass is 293 g/mol. The smallest absolute Gasteiger partial charge is 0.334 e. The van der Waals surface area contributed by atoms with Crippen molar-refractivity contribution in [2.45, 2.75) is 38.3 Å². The quantitative estimate of drug-likeness (QED) is 0.368. The average Bonchev–Trinajstić information content (AvgIpc) is 2.47. The Morgan fingerprint density at radius 1 is 1.24 bits per heavy atom. The van der Waals surface area contributed by atoms with E-state index in [9.17, 15) is 9.59 Å². The molecular formula is C15H23N3O3. The van der Waals surface area contributed by atoms with Crippen LogP contribution in [-0.2, 0) is 9.59 Å². The summed E-state index contributed by atoms with van der Waals surface area (Å²) in [5.41, 5.74) is 10.9. The van der Waals surface area contributed by atoms with Gasteiger partial charge >= 0.3 is 5.97 Å². The molecule has 0 saturated heterocycles. The van der Waals surface area contributed by atoms with Crippen molar-refractivity contribution in [2.75, 3.05) is 6.54 Å². The Morgan fingerprint density at radius 3 is 2.48 bits per heavy atom. The van der Waals surface area contributed by atoms with Crippen molar-refractivity contribution in [2.24, 2.45) is 11.5 Å². The predicted molar refractivity (Wildman–Crippen MR) is 80.6 cm³/mol. The first-order chi connectivity index (χ1) is 10.0. The summed E-state index contributed by atoms with van der Waals surface area (Å²) in [6.45, 7) is 2.11. The predicted octanol–water partition coefficient (Wildman–Crippen LogP) is 0.553. The number of esters is 1. The van der Waals surface area contributed by atoms with Crippen LogP contribution in [0.1, 0.15) is 26.2 Å². The highest BCUT2D eigenvalue weighted by atomic mass is 16.5. The van der Waals surface area contributed by atoms with Crippen LogP contribution in [0.25, 0.3) is 0 Å². The number of unbranched alkanes of at least 4 members (excludes halogenated alkanes) is 1. The second kappa shape index (κ2) is 9.10. The Kier molecular flexibility index (Phi) is 7.42. The molecule has 6 heteroatoms. The van der Waals surface area contributed by atoms with Crippen LogP contribution >= 0.6 is 0 Å². The van der Waals surface area contributed by atoms with E-state index in [2.05, 4.69) is 5.32 Å². The fraction of sp³-hybridized carbons (Fsp3) is 0.467. The van der Waals surface area contributed by atoms with Gasteiger partial charge in [0.05, 0.1) is 6.04 Å². The van der Waals surface area contributed by atoms with E-state index in [1.807, 2.05) is 6.07 Å². The van der Waals surface area contributed by atoms with E-state index >= 15 is 0 Å². The number of carbonyl (C=O) groups excluding carboxylic acids is 2. The Bertz CT molecular complexity index is 449. The summed E-state index contributed by atoms with van der Waals surface area (Å²) < 4.78 is 5.26. The molecule has 0 aromatic heterocycles. The zero-order chi connectivity index (χ0) is 15.7. The van der Waals surface area contributed by atoms with Gasteiger partial charge in [0.2, 0.25) is 5.91 Å². The number of para-hydroxylation sites is 1. The van der Waals surface area contributed by atoms with E-state index < -0.39 is 18.1 Å². The van der Waals surface area contributed by atoms with Gasteiger partial charge in [-0.15, -0.1) is 0 Å². The first kappa shape index (κ1) is 17.1. The highest BCUT2D eigenvalue weighted by Gasteiger charge is 2.23. The fourth-order valence-electron chi connectivity index (χ4n) is 1.72. The molecule has 6 nitrogen and oxygen atoms in total. The van der Waals surface area contributed by atoms with Crippen LogP contribution in [0.3, 0.4) is 0 Å². The molecule has 0 radical (unpaired) electrons. The van der Waals surface area contributed by atoms with Gasteiger partial charge in [-0.2, -0.15) is 0 Å². The van der Waals surface area contributed by atoms with Gasteiger partial charge in [0, 0.05) is 0 Å². The number of hydrogen-bond acceptors (Lipinski definition) is 5. The number of rotatable bonds is 8. The first-order valence-corrected chi connectivity index (χ1v) is 7.07. The summed E-state index contributed by atoms with van der Waals surface area (Å²) in [4.78, 5) is 23.8. The van der Waals surface area contributed by atoms with E-state index in [4.69, 9.17) is 16.2 Å². The molecular weight excluding hydrogens is 270 g/mol. The SMILES string of the molecule is C[C@H](N)C(=O)N[C@@H](CCCCN)C(=O)Oc1ccccc1. The van der Waals surface area contributed by atoms with Gasteiger partial charge in [0.1, 0.15) is 11.8 Å². The zero-order valence-corrected chi connectivity index (χ0v) is 12.2. The maximum atomic E-state index is 12.2. The minimum atomic E-state index is -0.713. The van der Waals surface area contributed by atoms with Gasteiger partial charge in [-0.05, 0) is 44.9 Å². The van der Waals surface area contributed by atoms with Crippen LogP contribution in [0.4, 0.5) is 0 Å². The van der Waals surface area contributed by atoms with Gasteiger partial charge in [-0.1, -0.05) is 18.2 Å². The zero-order valence-electron chi connectivity index (χ0n) is 12.2. The number of nitrogens with two attached hydrogens (primary N) is 2. The highest BCUT2D eigenvalue weighted by molar-refractivity contribution is 5.87. The minimum Gasteiger partial charge on any atom is -0.425 e. The second-order valence-corrected chi connectivity index (χ2v) is 4.87. The lowest BCUT2D eigenvalue weighted by Gasteiger charge is -2.18. The molecule has 5 N–H and O–H groups in total. The fourth-order valence-corrected chi connectivity index (χ4v) is 1.72. The first-order valence-electron chi connectivity index (χ1n) is 7.07. The van der Waals surface area contributed by atoms with Crippen molar-refractivity contribution in [1.82, 2.24) is 5.32 Å². The van der Waals surface area contributed by atoms with Crippen LogP contribution in [0.15, 0.2) is 30.3 Å².